The summed E-state index contributed by atoms with van der Waals surface area (Å²) in [6.07, 6.45) is 0.790. The molecule has 2 aromatic rings. The molecule has 0 aromatic carbocycles. The number of fused-ring (bicyclic) bond motifs is 1. The molecule has 0 bridgehead atoms. The molecule has 0 radical (unpaired) electrons. The Hall–Kier alpha value is -1.22. The zero-order chi connectivity index (χ0) is 16.6. The number of amides is 2. The van der Waals surface area contributed by atoms with Crippen LogP contribution in [0.2, 0.25) is 0 Å². The maximum Gasteiger partial charge on any atom is 0.266 e. The number of carbonyl (C=O) groups excluding carboxylic acids is 2. The lowest BCUT2D eigenvalue weighted by Crippen LogP contribution is -2.30. The minimum atomic E-state index is -0.477. The summed E-state index contributed by atoms with van der Waals surface area (Å²) in [4.78, 5) is 28.3. The van der Waals surface area contributed by atoms with Gasteiger partial charge in [-0.15, -0.1) is 22.7 Å². The van der Waals surface area contributed by atoms with E-state index in [9.17, 15) is 9.59 Å². The van der Waals surface area contributed by atoms with E-state index in [1.165, 1.54) is 22.7 Å². The van der Waals surface area contributed by atoms with Crippen molar-refractivity contribution in [1.82, 2.24) is 4.90 Å². The van der Waals surface area contributed by atoms with Crippen molar-refractivity contribution in [3.8, 4) is 0 Å². The fourth-order valence-electron chi connectivity index (χ4n) is 2.68. The SMILES string of the molecule is CCN1CCc2c(sc(NC(=O)c3ccc(Br)s3)c2C(N)=O)C1. The summed E-state index contributed by atoms with van der Waals surface area (Å²) in [5.41, 5.74) is 7.04. The van der Waals surface area contributed by atoms with Crippen LogP contribution in [0.25, 0.3) is 0 Å². The zero-order valence-electron chi connectivity index (χ0n) is 12.5. The highest BCUT2D eigenvalue weighted by Crippen LogP contribution is 2.37. The quantitative estimate of drug-likeness (QED) is 0.806. The van der Waals surface area contributed by atoms with Crippen molar-refractivity contribution in [2.75, 3.05) is 18.4 Å². The van der Waals surface area contributed by atoms with Crippen molar-refractivity contribution in [3.63, 3.8) is 0 Å². The topological polar surface area (TPSA) is 75.4 Å². The number of primary amides is 1. The first-order valence-electron chi connectivity index (χ1n) is 7.23. The zero-order valence-corrected chi connectivity index (χ0v) is 15.7. The van der Waals surface area contributed by atoms with Crippen LogP contribution >= 0.6 is 38.6 Å². The standard InChI is InChI=1S/C15H16BrN3O2S2/c1-2-19-6-5-8-10(7-19)23-15(12(8)13(17)20)18-14(21)9-3-4-11(16)22-9/h3-4H,2,5-7H2,1H3,(H2,17,20)(H,18,21). The number of rotatable bonds is 4. The van der Waals surface area contributed by atoms with Gasteiger partial charge in [-0.05, 0) is 46.6 Å². The minimum Gasteiger partial charge on any atom is -0.365 e. The molecule has 23 heavy (non-hydrogen) atoms. The van der Waals surface area contributed by atoms with E-state index in [0.29, 0.717) is 15.4 Å². The Morgan fingerprint density at radius 1 is 1.39 bits per heavy atom. The van der Waals surface area contributed by atoms with Gasteiger partial charge in [-0.1, -0.05) is 6.92 Å². The molecular weight excluding hydrogens is 398 g/mol. The lowest BCUT2D eigenvalue weighted by atomic mass is 10.0. The van der Waals surface area contributed by atoms with Crippen LogP contribution in [0.3, 0.4) is 0 Å². The van der Waals surface area contributed by atoms with E-state index < -0.39 is 5.91 Å². The third kappa shape index (κ3) is 3.35. The molecule has 3 rings (SSSR count). The van der Waals surface area contributed by atoms with E-state index in [2.05, 4.69) is 33.1 Å². The molecule has 5 nitrogen and oxygen atoms in total. The van der Waals surface area contributed by atoms with Gasteiger partial charge in [0.15, 0.2) is 0 Å². The Kier molecular flexibility index (Phi) is 4.86. The van der Waals surface area contributed by atoms with Crippen LogP contribution in [-0.2, 0) is 13.0 Å². The largest absolute Gasteiger partial charge is 0.365 e. The number of hydrogen-bond acceptors (Lipinski definition) is 5. The monoisotopic (exact) mass is 413 g/mol. The van der Waals surface area contributed by atoms with Gasteiger partial charge in [0.25, 0.3) is 11.8 Å². The van der Waals surface area contributed by atoms with Gasteiger partial charge in [0.1, 0.15) is 5.00 Å². The predicted molar refractivity (Wildman–Crippen MR) is 97.5 cm³/mol. The number of halogens is 1. The van der Waals surface area contributed by atoms with Gasteiger partial charge in [0.05, 0.1) is 14.2 Å². The van der Waals surface area contributed by atoms with E-state index in [-0.39, 0.29) is 5.91 Å². The van der Waals surface area contributed by atoms with Crippen molar-refractivity contribution in [1.29, 1.82) is 0 Å². The summed E-state index contributed by atoms with van der Waals surface area (Å²) in [5, 5.41) is 3.43. The molecule has 2 aromatic heterocycles. The number of anilines is 1. The third-order valence-electron chi connectivity index (χ3n) is 3.85. The fraction of sp³-hybridized carbons (Fsp3) is 0.333. The highest BCUT2D eigenvalue weighted by atomic mass is 79.9. The maximum absolute atomic E-state index is 12.4. The smallest absolute Gasteiger partial charge is 0.266 e. The minimum absolute atomic E-state index is 0.214. The third-order valence-corrected chi connectivity index (χ3v) is 6.61. The molecule has 2 amide bonds. The average molecular weight is 414 g/mol. The average Bonchev–Trinajstić information content (AvgIpc) is 3.09. The van der Waals surface area contributed by atoms with Crippen LogP contribution in [0.5, 0.6) is 0 Å². The Labute approximate surface area is 150 Å². The van der Waals surface area contributed by atoms with E-state index in [0.717, 1.165) is 40.3 Å². The van der Waals surface area contributed by atoms with Gasteiger partial charge in [-0.25, -0.2) is 0 Å². The lowest BCUT2D eigenvalue weighted by molar-refractivity contribution is 0.1000. The molecule has 0 aliphatic carbocycles. The molecule has 0 saturated heterocycles. The number of nitrogens with zero attached hydrogens (tertiary/aromatic N) is 1. The summed E-state index contributed by atoms with van der Waals surface area (Å²) < 4.78 is 0.891. The molecule has 122 valence electrons. The summed E-state index contributed by atoms with van der Waals surface area (Å²) in [5.74, 6) is -0.691. The summed E-state index contributed by atoms with van der Waals surface area (Å²) in [6.45, 7) is 4.79. The van der Waals surface area contributed by atoms with Gasteiger partial charge in [0.2, 0.25) is 0 Å². The molecule has 3 N–H and O–H groups in total. The van der Waals surface area contributed by atoms with Crippen LogP contribution < -0.4 is 11.1 Å². The first kappa shape index (κ1) is 16.6. The second-order valence-corrected chi connectivity index (χ2v) is 8.82. The number of likely N-dealkylation sites (N-methyl/N-ethyl adjacent to an activating group) is 1. The number of thiophene rings is 2. The summed E-state index contributed by atoms with van der Waals surface area (Å²) in [6, 6.07) is 3.58. The maximum atomic E-state index is 12.4. The molecule has 3 heterocycles. The van der Waals surface area contributed by atoms with Crippen molar-refractivity contribution >= 4 is 55.4 Å². The van der Waals surface area contributed by atoms with Crippen molar-refractivity contribution in [2.24, 2.45) is 5.73 Å². The Morgan fingerprint density at radius 2 is 2.17 bits per heavy atom. The number of hydrogen-bond donors (Lipinski definition) is 2. The molecule has 8 heteroatoms. The van der Waals surface area contributed by atoms with Crippen LogP contribution in [-0.4, -0.2) is 29.8 Å². The van der Waals surface area contributed by atoms with E-state index >= 15 is 0 Å². The molecule has 0 saturated carbocycles. The van der Waals surface area contributed by atoms with Crippen molar-refractivity contribution in [3.05, 3.63) is 36.8 Å². The van der Waals surface area contributed by atoms with Crippen LogP contribution in [0.4, 0.5) is 5.00 Å². The van der Waals surface area contributed by atoms with Gasteiger partial charge in [-0.3, -0.25) is 14.5 Å². The van der Waals surface area contributed by atoms with Gasteiger partial charge < -0.3 is 11.1 Å². The molecule has 1 aliphatic rings. The Morgan fingerprint density at radius 3 is 2.78 bits per heavy atom. The summed E-state index contributed by atoms with van der Waals surface area (Å²) in [7, 11) is 0. The summed E-state index contributed by atoms with van der Waals surface area (Å²) >= 11 is 6.16. The molecule has 0 spiro atoms. The predicted octanol–water partition coefficient (Wildman–Crippen LogP) is 3.30. The van der Waals surface area contributed by atoms with Gasteiger partial charge >= 0.3 is 0 Å². The Balaban J connectivity index is 1.91. The van der Waals surface area contributed by atoms with Crippen LogP contribution in [0.15, 0.2) is 15.9 Å². The number of nitrogens with one attached hydrogen (secondary N) is 1. The Bertz CT molecular complexity index is 769. The fourth-order valence-corrected chi connectivity index (χ4v) is 5.25. The van der Waals surface area contributed by atoms with Crippen molar-refractivity contribution < 1.29 is 9.59 Å². The van der Waals surface area contributed by atoms with E-state index in [1.807, 2.05) is 6.07 Å². The number of carbonyl (C=O) groups is 2. The molecule has 1 aliphatic heterocycles. The molecular formula is C15H16BrN3O2S2. The van der Waals surface area contributed by atoms with E-state index in [1.54, 1.807) is 6.07 Å². The van der Waals surface area contributed by atoms with Gasteiger partial charge in [0, 0.05) is 18.0 Å². The number of nitrogens with two attached hydrogens (primary N) is 1. The molecule has 0 unspecified atom stereocenters. The highest BCUT2D eigenvalue weighted by molar-refractivity contribution is 9.11. The van der Waals surface area contributed by atoms with Crippen molar-refractivity contribution in [2.45, 2.75) is 19.9 Å². The first-order valence-corrected chi connectivity index (χ1v) is 9.65. The van der Waals surface area contributed by atoms with Gasteiger partial charge in [-0.2, -0.15) is 0 Å². The molecule has 0 atom stereocenters. The lowest BCUT2D eigenvalue weighted by Gasteiger charge is -2.25. The van der Waals surface area contributed by atoms with Crippen LogP contribution in [0.1, 0.15) is 37.4 Å². The van der Waals surface area contributed by atoms with E-state index in [4.69, 9.17) is 5.73 Å². The van der Waals surface area contributed by atoms with Crippen LogP contribution in [0, 0.1) is 0 Å². The highest BCUT2D eigenvalue weighted by Gasteiger charge is 2.27. The second-order valence-electron chi connectivity index (χ2n) is 5.25. The normalized spacial score (nSPS) is 14.5. The second kappa shape index (κ2) is 6.72. The first-order chi connectivity index (χ1) is 11.0. The molecule has 0 fully saturated rings.